The van der Waals surface area contributed by atoms with Gasteiger partial charge in [-0.3, -0.25) is 14.9 Å². The van der Waals surface area contributed by atoms with E-state index in [0.717, 1.165) is 17.3 Å². The molecule has 0 bridgehead atoms. The topological polar surface area (TPSA) is 109 Å². The van der Waals surface area contributed by atoms with Crippen molar-refractivity contribution in [2.45, 2.75) is 32.8 Å². The molecule has 0 unspecified atom stereocenters. The van der Waals surface area contributed by atoms with Gasteiger partial charge in [0.2, 0.25) is 5.75 Å². The number of methoxy groups -OCH3 is 1. The zero-order chi connectivity index (χ0) is 27.2. The van der Waals surface area contributed by atoms with E-state index in [-0.39, 0.29) is 29.4 Å². The van der Waals surface area contributed by atoms with Crippen LogP contribution in [0, 0.1) is 10.1 Å². The first-order valence-electron chi connectivity index (χ1n) is 11.8. The number of halogens is 2. The van der Waals surface area contributed by atoms with Gasteiger partial charge >= 0.3 is 5.69 Å². The summed E-state index contributed by atoms with van der Waals surface area (Å²) >= 11 is 9.59. The highest BCUT2D eigenvalue weighted by molar-refractivity contribution is 9.10. The standard InChI is InChI=1S/C27H24BrClN4O5/c1-3-4-9-25-31-22-11-10-19(28)14-20(22)27(34)32(25)30-15-17-12-23(33(35)36)26(24(13-17)37-2)38-16-18-7-5-6-8-21(18)29/h5-8,10-15H,3-4,9,16H2,1-2H3. The van der Waals surface area contributed by atoms with E-state index < -0.39 is 4.92 Å². The first kappa shape index (κ1) is 27.3. The van der Waals surface area contributed by atoms with Crippen LogP contribution in [-0.2, 0) is 13.0 Å². The summed E-state index contributed by atoms with van der Waals surface area (Å²) in [5, 5.41) is 17.2. The van der Waals surface area contributed by atoms with E-state index in [9.17, 15) is 14.9 Å². The normalized spacial score (nSPS) is 11.3. The monoisotopic (exact) mass is 598 g/mol. The maximum absolute atomic E-state index is 13.3. The van der Waals surface area contributed by atoms with Crippen LogP contribution in [0.1, 0.15) is 36.7 Å². The van der Waals surface area contributed by atoms with Gasteiger partial charge in [-0.15, -0.1) is 0 Å². The Bertz CT molecular complexity index is 1590. The third-order valence-corrected chi connectivity index (χ3v) is 6.62. The number of hydrogen-bond acceptors (Lipinski definition) is 7. The van der Waals surface area contributed by atoms with E-state index in [1.54, 1.807) is 42.5 Å². The molecule has 0 N–H and O–H groups in total. The summed E-state index contributed by atoms with van der Waals surface area (Å²) < 4.78 is 13.2. The van der Waals surface area contributed by atoms with E-state index in [1.165, 1.54) is 24.1 Å². The minimum atomic E-state index is -0.560. The Labute approximate surface area is 232 Å². The summed E-state index contributed by atoms with van der Waals surface area (Å²) in [6.07, 6.45) is 3.65. The van der Waals surface area contributed by atoms with E-state index in [2.05, 4.69) is 26.0 Å². The number of aryl methyl sites for hydroxylation is 1. The summed E-state index contributed by atoms with van der Waals surface area (Å²) in [5.41, 5.74) is 0.955. The van der Waals surface area contributed by atoms with Crippen LogP contribution >= 0.6 is 27.5 Å². The number of benzene rings is 3. The van der Waals surface area contributed by atoms with Crippen LogP contribution in [0.15, 0.2) is 69.0 Å². The summed E-state index contributed by atoms with van der Waals surface area (Å²) in [5.74, 6) is 0.614. The number of rotatable bonds is 10. The van der Waals surface area contributed by atoms with Gasteiger partial charge in [0, 0.05) is 33.1 Å². The van der Waals surface area contributed by atoms with E-state index in [4.69, 9.17) is 21.1 Å². The number of ether oxygens (including phenoxy) is 2. The molecule has 0 aliphatic heterocycles. The molecular formula is C27H24BrClN4O5. The number of aromatic nitrogens is 2. The average molecular weight is 600 g/mol. The lowest BCUT2D eigenvalue weighted by Crippen LogP contribution is -2.22. The van der Waals surface area contributed by atoms with Gasteiger partial charge in [-0.2, -0.15) is 9.78 Å². The van der Waals surface area contributed by atoms with Crippen molar-refractivity contribution in [1.29, 1.82) is 0 Å². The van der Waals surface area contributed by atoms with Gasteiger partial charge in [0.25, 0.3) is 5.56 Å². The molecule has 0 saturated heterocycles. The lowest BCUT2D eigenvalue weighted by atomic mass is 10.1. The smallest absolute Gasteiger partial charge is 0.315 e. The van der Waals surface area contributed by atoms with Crippen molar-refractivity contribution in [1.82, 2.24) is 9.66 Å². The van der Waals surface area contributed by atoms with Crippen molar-refractivity contribution < 1.29 is 14.4 Å². The molecule has 0 spiro atoms. The molecule has 38 heavy (non-hydrogen) atoms. The van der Waals surface area contributed by atoms with Crippen molar-refractivity contribution in [3.8, 4) is 11.5 Å². The van der Waals surface area contributed by atoms with Crippen molar-refractivity contribution in [2.75, 3.05) is 7.11 Å². The average Bonchev–Trinajstić information content (AvgIpc) is 2.91. The molecule has 9 nitrogen and oxygen atoms in total. The molecule has 0 amide bonds. The van der Waals surface area contributed by atoms with Crippen LogP contribution in [0.25, 0.3) is 10.9 Å². The largest absolute Gasteiger partial charge is 0.493 e. The first-order chi connectivity index (χ1) is 18.3. The third kappa shape index (κ3) is 6.03. The highest BCUT2D eigenvalue weighted by Gasteiger charge is 2.23. The summed E-state index contributed by atoms with van der Waals surface area (Å²) in [4.78, 5) is 29.3. The number of nitrogens with zero attached hydrogens (tertiary/aromatic N) is 4. The number of unbranched alkanes of at least 4 members (excludes halogenated alkanes) is 1. The van der Waals surface area contributed by atoms with Gasteiger partial charge in [-0.25, -0.2) is 4.98 Å². The molecule has 1 heterocycles. The Hall–Kier alpha value is -3.76. The van der Waals surface area contributed by atoms with Crippen molar-refractivity contribution >= 4 is 50.3 Å². The predicted octanol–water partition coefficient (Wildman–Crippen LogP) is 6.53. The highest BCUT2D eigenvalue weighted by atomic mass is 79.9. The molecule has 4 rings (SSSR count). The zero-order valence-electron chi connectivity index (χ0n) is 20.7. The van der Waals surface area contributed by atoms with Gasteiger partial charge in [0.05, 0.1) is 29.2 Å². The fraction of sp³-hybridized carbons (Fsp3) is 0.222. The molecule has 1 aromatic heterocycles. The van der Waals surface area contributed by atoms with E-state index >= 15 is 0 Å². The zero-order valence-corrected chi connectivity index (χ0v) is 23.0. The van der Waals surface area contributed by atoms with Crippen LogP contribution in [0.4, 0.5) is 5.69 Å². The lowest BCUT2D eigenvalue weighted by molar-refractivity contribution is -0.386. The molecule has 196 valence electrons. The second-order valence-corrected chi connectivity index (χ2v) is 9.69. The third-order valence-electron chi connectivity index (χ3n) is 5.76. The molecule has 0 saturated carbocycles. The predicted molar refractivity (Wildman–Crippen MR) is 151 cm³/mol. The molecule has 0 radical (unpaired) electrons. The van der Waals surface area contributed by atoms with Gasteiger partial charge in [0.15, 0.2) is 5.75 Å². The van der Waals surface area contributed by atoms with Crippen LogP contribution < -0.4 is 15.0 Å². The minimum absolute atomic E-state index is 0.0127. The van der Waals surface area contributed by atoms with Crippen molar-refractivity contribution in [3.05, 3.63) is 102 Å². The summed E-state index contributed by atoms with van der Waals surface area (Å²) in [6, 6.07) is 15.2. The maximum Gasteiger partial charge on any atom is 0.315 e. The Morgan fingerprint density at radius 3 is 2.71 bits per heavy atom. The number of hydrogen-bond donors (Lipinski definition) is 0. The Balaban J connectivity index is 1.75. The van der Waals surface area contributed by atoms with E-state index in [1.807, 2.05) is 13.0 Å². The summed E-state index contributed by atoms with van der Waals surface area (Å²) in [6.45, 7) is 2.06. The Morgan fingerprint density at radius 2 is 2.00 bits per heavy atom. The van der Waals surface area contributed by atoms with Crippen molar-refractivity contribution in [3.63, 3.8) is 0 Å². The molecule has 0 aliphatic carbocycles. The fourth-order valence-electron chi connectivity index (χ4n) is 3.82. The van der Waals surface area contributed by atoms with Gasteiger partial charge in [-0.1, -0.05) is 59.1 Å². The van der Waals surface area contributed by atoms with Crippen LogP contribution in [-0.4, -0.2) is 27.9 Å². The fourth-order valence-corrected chi connectivity index (χ4v) is 4.37. The second-order valence-electron chi connectivity index (χ2n) is 8.36. The Kier molecular flexibility index (Phi) is 8.75. The molecule has 4 aromatic rings. The quantitative estimate of drug-likeness (QED) is 0.116. The van der Waals surface area contributed by atoms with Crippen molar-refractivity contribution in [2.24, 2.45) is 5.10 Å². The highest BCUT2D eigenvalue weighted by Crippen LogP contribution is 2.38. The minimum Gasteiger partial charge on any atom is -0.493 e. The van der Waals surface area contributed by atoms with Gasteiger partial charge < -0.3 is 9.47 Å². The lowest BCUT2D eigenvalue weighted by Gasteiger charge is -2.13. The summed E-state index contributed by atoms with van der Waals surface area (Å²) in [7, 11) is 1.39. The molecule has 11 heteroatoms. The maximum atomic E-state index is 13.3. The molecule has 0 aliphatic rings. The number of nitro groups is 1. The second kappa shape index (κ2) is 12.2. The van der Waals surface area contributed by atoms with Crippen LogP contribution in [0.5, 0.6) is 11.5 Å². The molecular weight excluding hydrogens is 576 g/mol. The van der Waals surface area contributed by atoms with Crippen LogP contribution in [0.2, 0.25) is 5.02 Å². The molecule has 3 aromatic carbocycles. The molecule has 0 atom stereocenters. The van der Waals surface area contributed by atoms with Gasteiger partial charge in [0.1, 0.15) is 12.4 Å². The van der Waals surface area contributed by atoms with Crippen LogP contribution in [0.3, 0.4) is 0 Å². The van der Waals surface area contributed by atoms with E-state index in [0.29, 0.717) is 39.3 Å². The van der Waals surface area contributed by atoms with Gasteiger partial charge in [-0.05, 0) is 36.8 Å². The SMILES string of the molecule is CCCCc1nc2ccc(Br)cc2c(=O)n1N=Cc1cc(OC)c(OCc2ccccc2Cl)c([N+](=O)[O-])c1. The number of fused-ring (bicyclic) bond motifs is 1. The first-order valence-corrected chi connectivity index (χ1v) is 13.0. The molecule has 0 fully saturated rings. The number of nitro benzene ring substituents is 1. The Morgan fingerprint density at radius 1 is 1.21 bits per heavy atom.